The van der Waals surface area contributed by atoms with Gasteiger partial charge >= 0.3 is 0 Å². The van der Waals surface area contributed by atoms with Gasteiger partial charge in [-0.3, -0.25) is 4.79 Å². The fraction of sp³-hybridized carbons (Fsp3) is 0.435. The standard InChI is InChI=1S/C23H28N2O2/c1-15(26)25-21-11-16(7-10-22(21)27-2)14-24-23-19-8-9-20(23)13-18-6-4-3-5-17(18)12-19/h3-7,10-11,19-20,23-24H,8-9,12-14H2,1-2H3,(H,25,26). The van der Waals surface area contributed by atoms with Gasteiger partial charge in [0.1, 0.15) is 5.75 Å². The fourth-order valence-electron chi connectivity index (χ4n) is 4.87. The van der Waals surface area contributed by atoms with Crippen LogP contribution < -0.4 is 15.4 Å². The van der Waals surface area contributed by atoms with E-state index in [1.54, 1.807) is 7.11 Å². The van der Waals surface area contributed by atoms with E-state index in [0.717, 1.165) is 12.2 Å². The van der Waals surface area contributed by atoms with Crippen LogP contribution in [-0.2, 0) is 24.2 Å². The van der Waals surface area contributed by atoms with Gasteiger partial charge in [-0.25, -0.2) is 0 Å². The zero-order valence-corrected chi connectivity index (χ0v) is 16.1. The second kappa shape index (κ2) is 7.73. The summed E-state index contributed by atoms with van der Waals surface area (Å²) in [6.45, 7) is 2.33. The average Bonchev–Trinajstić information content (AvgIpc) is 2.93. The molecule has 0 spiro atoms. The number of fused-ring (bicyclic) bond motifs is 3. The van der Waals surface area contributed by atoms with E-state index >= 15 is 0 Å². The summed E-state index contributed by atoms with van der Waals surface area (Å²) < 4.78 is 5.36. The van der Waals surface area contributed by atoms with Crippen molar-refractivity contribution >= 4 is 11.6 Å². The average molecular weight is 364 g/mol. The van der Waals surface area contributed by atoms with Crippen molar-refractivity contribution < 1.29 is 9.53 Å². The van der Waals surface area contributed by atoms with Gasteiger partial charge in [0.05, 0.1) is 12.8 Å². The summed E-state index contributed by atoms with van der Waals surface area (Å²) in [5.41, 5.74) is 4.98. The van der Waals surface area contributed by atoms with Crippen LogP contribution in [0.1, 0.15) is 36.5 Å². The summed E-state index contributed by atoms with van der Waals surface area (Å²) in [6, 6.07) is 15.5. The normalized spacial score (nSPS) is 23.4. The Morgan fingerprint density at radius 1 is 1.07 bits per heavy atom. The minimum atomic E-state index is -0.0852. The highest BCUT2D eigenvalue weighted by molar-refractivity contribution is 5.90. The molecule has 27 heavy (non-hydrogen) atoms. The Balaban J connectivity index is 1.47. The minimum absolute atomic E-state index is 0.0852. The van der Waals surface area contributed by atoms with Gasteiger partial charge in [-0.15, -0.1) is 0 Å². The van der Waals surface area contributed by atoms with Crippen LogP contribution in [-0.4, -0.2) is 19.1 Å². The van der Waals surface area contributed by atoms with E-state index in [-0.39, 0.29) is 5.91 Å². The molecule has 0 aliphatic heterocycles. The lowest BCUT2D eigenvalue weighted by molar-refractivity contribution is -0.114. The molecule has 2 aliphatic rings. The van der Waals surface area contributed by atoms with Gasteiger partial charge in [-0.2, -0.15) is 0 Å². The molecule has 1 saturated carbocycles. The van der Waals surface area contributed by atoms with Gasteiger partial charge in [0, 0.05) is 19.5 Å². The van der Waals surface area contributed by atoms with Crippen LogP contribution in [0.4, 0.5) is 5.69 Å². The zero-order chi connectivity index (χ0) is 18.8. The first-order chi connectivity index (χ1) is 13.1. The van der Waals surface area contributed by atoms with Crippen molar-refractivity contribution in [1.29, 1.82) is 0 Å². The van der Waals surface area contributed by atoms with Gasteiger partial charge < -0.3 is 15.4 Å². The van der Waals surface area contributed by atoms with Crippen molar-refractivity contribution in [2.75, 3.05) is 12.4 Å². The van der Waals surface area contributed by atoms with Crippen molar-refractivity contribution in [3.05, 3.63) is 59.2 Å². The summed E-state index contributed by atoms with van der Waals surface area (Å²) in [5.74, 6) is 2.04. The number of carbonyl (C=O) groups is 1. The molecule has 2 atom stereocenters. The van der Waals surface area contributed by atoms with Crippen molar-refractivity contribution in [3.63, 3.8) is 0 Å². The molecule has 4 heteroatoms. The molecule has 2 aromatic rings. The number of benzene rings is 2. The molecule has 4 rings (SSSR count). The SMILES string of the molecule is COc1ccc(CNC2C3CCC2Cc2ccccc2C3)cc1NC(C)=O. The number of hydrogen-bond acceptors (Lipinski definition) is 3. The van der Waals surface area contributed by atoms with Crippen LogP contribution in [0.3, 0.4) is 0 Å². The van der Waals surface area contributed by atoms with Gasteiger partial charge in [-0.1, -0.05) is 30.3 Å². The summed E-state index contributed by atoms with van der Waals surface area (Å²) in [6.07, 6.45) is 5.00. The highest BCUT2D eigenvalue weighted by atomic mass is 16.5. The molecule has 2 aromatic carbocycles. The van der Waals surface area contributed by atoms with Crippen LogP contribution in [0.5, 0.6) is 5.75 Å². The Bertz CT molecular complexity index is 800. The van der Waals surface area contributed by atoms with Crippen LogP contribution in [0, 0.1) is 11.8 Å². The predicted molar refractivity (Wildman–Crippen MR) is 108 cm³/mol. The lowest BCUT2D eigenvalue weighted by atomic mass is 9.94. The lowest BCUT2D eigenvalue weighted by Gasteiger charge is -2.24. The number of carbonyl (C=O) groups excluding carboxylic acids is 1. The maximum atomic E-state index is 11.5. The quantitative estimate of drug-likeness (QED) is 0.845. The topological polar surface area (TPSA) is 50.4 Å². The Hall–Kier alpha value is -2.33. The van der Waals surface area contributed by atoms with Gasteiger partial charge in [0.2, 0.25) is 5.91 Å². The molecule has 0 saturated heterocycles. The smallest absolute Gasteiger partial charge is 0.221 e. The van der Waals surface area contributed by atoms with Crippen LogP contribution >= 0.6 is 0 Å². The van der Waals surface area contributed by atoms with E-state index in [9.17, 15) is 4.79 Å². The molecule has 2 N–H and O–H groups in total. The second-order valence-corrected chi connectivity index (χ2v) is 7.90. The third-order valence-corrected chi connectivity index (χ3v) is 6.12. The first-order valence-electron chi connectivity index (χ1n) is 9.88. The van der Waals surface area contributed by atoms with Gasteiger partial charge in [-0.05, 0) is 66.3 Å². The highest BCUT2D eigenvalue weighted by Crippen LogP contribution is 2.40. The van der Waals surface area contributed by atoms with Crippen LogP contribution in [0.15, 0.2) is 42.5 Å². The maximum absolute atomic E-state index is 11.5. The number of rotatable bonds is 5. The summed E-state index contributed by atoms with van der Waals surface area (Å²) in [4.78, 5) is 11.5. The summed E-state index contributed by atoms with van der Waals surface area (Å²) in [7, 11) is 1.62. The molecule has 1 amide bonds. The van der Waals surface area contributed by atoms with E-state index in [0.29, 0.717) is 23.6 Å². The number of ether oxygens (including phenoxy) is 1. The Kier molecular flexibility index (Phi) is 5.17. The van der Waals surface area contributed by atoms with E-state index in [1.165, 1.54) is 49.3 Å². The molecular formula is C23H28N2O2. The highest BCUT2D eigenvalue weighted by Gasteiger charge is 2.38. The van der Waals surface area contributed by atoms with E-state index in [2.05, 4.69) is 41.0 Å². The maximum Gasteiger partial charge on any atom is 0.221 e. The fourth-order valence-corrected chi connectivity index (χ4v) is 4.87. The predicted octanol–water partition coefficient (Wildman–Crippen LogP) is 3.94. The third kappa shape index (κ3) is 3.86. The van der Waals surface area contributed by atoms with E-state index < -0.39 is 0 Å². The summed E-state index contributed by atoms with van der Waals surface area (Å²) >= 11 is 0. The Labute approximate surface area is 161 Å². The van der Waals surface area contributed by atoms with E-state index in [1.807, 2.05) is 12.1 Å². The van der Waals surface area contributed by atoms with Crippen molar-refractivity contribution in [2.24, 2.45) is 11.8 Å². The van der Waals surface area contributed by atoms with E-state index in [4.69, 9.17) is 4.74 Å². The Morgan fingerprint density at radius 3 is 2.33 bits per heavy atom. The number of anilines is 1. The lowest BCUT2D eigenvalue weighted by Crippen LogP contribution is -2.37. The number of amides is 1. The molecule has 1 fully saturated rings. The number of methoxy groups -OCH3 is 1. The molecular weight excluding hydrogens is 336 g/mol. The molecule has 142 valence electrons. The van der Waals surface area contributed by atoms with Crippen molar-refractivity contribution in [2.45, 2.75) is 45.2 Å². The monoisotopic (exact) mass is 364 g/mol. The first-order valence-corrected chi connectivity index (χ1v) is 9.88. The number of nitrogens with one attached hydrogen (secondary N) is 2. The molecule has 2 aliphatic carbocycles. The number of hydrogen-bond donors (Lipinski definition) is 2. The van der Waals surface area contributed by atoms with Gasteiger partial charge in [0.25, 0.3) is 0 Å². The largest absolute Gasteiger partial charge is 0.495 e. The molecule has 2 bridgehead atoms. The Morgan fingerprint density at radius 2 is 1.74 bits per heavy atom. The summed E-state index contributed by atoms with van der Waals surface area (Å²) in [5, 5.41) is 6.70. The molecule has 4 nitrogen and oxygen atoms in total. The van der Waals surface area contributed by atoms with Crippen molar-refractivity contribution in [1.82, 2.24) is 5.32 Å². The molecule has 0 radical (unpaired) electrons. The molecule has 0 aromatic heterocycles. The third-order valence-electron chi connectivity index (χ3n) is 6.12. The van der Waals surface area contributed by atoms with Crippen LogP contribution in [0.2, 0.25) is 0 Å². The van der Waals surface area contributed by atoms with Crippen LogP contribution in [0.25, 0.3) is 0 Å². The molecule has 2 unspecified atom stereocenters. The van der Waals surface area contributed by atoms with Crippen molar-refractivity contribution in [3.8, 4) is 5.75 Å². The molecule has 0 heterocycles. The first kappa shape index (κ1) is 18.1. The second-order valence-electron chi connectivity index (χ2n) is 7.90. The zero-order valence-electron chi connectivity index (χ0n) is 16.1. The van der Waals surface area contributed by atoms with Gasteiger partial charge in [0.15, 0.2) is 0 Å². The minimum Gasteiger partial charge on any atom is -0.495 e.